The van der Waals surface area contributed by atoms with E-state index in [2.05, 4.69) is 14.7 Å². The maximum absolute atomic E-state index is 11.4. The van der Waals surface area contributed by atoms with Gasteiger partial charge in [0.15, 0.2) is 0 Å². The number of benzene rings is 1. The third kappa shape index (κ3) is 3.40. The molecule has 1 aromatic heterocycles. The van der Waals surface area contributed by atoms with Crippen molar-refractivity contribution in [1.29, 1.82) is 0 Å². The molecule has 0 radical (unpaired) electrons. The lowest BCUT2D eigenvalue weighted by atomic mass is 10.3. The number of methoxy groups -OCH3 is 1. The van der Waals surface area contributed by atoms with E-state index >= 15 is 0 Å². The third-order valence-corrected chi connectivity index (χ3v) is 3.98. The van der Waals surface area contributed by atoms with Gasteiger partial charge in [-0.3, -0.25) is 0 Å². The van der Waals surface area contributed by atoms with E-state index in [-0.39, 0.29) is 11.4 Å². The highest BCUT2D eigenvalue weighted by atomic mass is 35.5. The highest BCUT2D eigenvalue weighted by molar-refractivity contribution is 7.98. The number of thioether (sulfide) groups is 1. The molecular formula is C13H12ClN3O2S. The normalized spacial score (nSPS) is 10.3. The molecule has 0 fully saturated rings. The van der Waals surface area contributed by atoms with Crippen molar-refractivity contribution in [2.45, 2.75) is 10.6 Å². The number of anilines is 1. The molecule has 20 heavy (non-hydrogen) atoms. The largest absolute Gasteiger partial charge is 0.465 e. The number of nitrogen functional groups attached to an aromatic ring is 1. The fraction of sp³-hybridized carbons (Fsp3) is 0.154. The van der Waals surface area contributed by atoms with Gasteiger partial charge < -0.3 is 10.5 Å². The summed E-state index contributed by atoms with van der Waals surface area (Å²) >= 11 is 7.56. The first-order valence-electron chi connectivity index (χ1n) is 5.69. The minimum absolute atomic E-state index is 0.113. The smallest absolute Gasteiger partial charge is 0.343 e. The molecule has 0 bridgehead atoms. The molecule has 2 rings (SSSR count). The quantitative estimate of drug-likeness (QED) is 0.691. The van der Waals surface area contributed by atoms with Crippen LogP contribution in [0.3, 0.4) is 0 Å². The van der Waals surface area contributed by atoms with E-state index < -0.39 is 5.97 Å². The summed E-state index contributed by atoms with van der Waals surface area (Å²) < 4.78 is 4.58. The van der Waals surface area contributed by atoms with Crippen molar-refractivity contribution in [2.24, 2.45) is 0 Å². The van der Waals surface area contributed by atoms with Gasteiger partial charge in [0, 0.05) is 11.1 Å². The molecule has 0 amide bonds. The van der Waals surface area contributed by atoms with E-state index in [9.17, 15) is 4.79 Å². The van der Waals surface area contributed by atoms with Crippen molar-refractivity contribution in [3.05, 3.63) is 46.9 Å². The molecule has 7 heteroatoms. The third-order valence-electron chi connectivity index (χ3n) is 2.47. The zero-order valence-electron chi connectivity index (χ0n) is 10.7. The number of esters is 1. The first kappa shape index (κ1) is 14.6. The Hall–Kier alpha value is -1.79. The van der Waals surface area contributed by atoms with Crippen LogP contribution in [0.15, 0.2) is 35.4 Å². The second-order valence-electron chi connectivity index (χ2n) is 3.80. The topological polar surface area (TPSA) is 78.1 Å². The SMILES string of the molecule is COC(=O)c1cnc(CSc2ccccc2Cl)nc1N. The molecule has 5 nitrogen and oxygen atoms in total. The van der Waals surface area contributed by atoms with Crippen LogP contribution in [0.1, 0.15) is 16.2 Å². The van der Waals surface area contributed by atoms with Gasteiger partial charge in [-0.2, -0.15) is 0 Å². The van der Waals surface area contributed by atoms with E-state index in [0.29, 0.717) is 16.6 Å². The van der Waals surface area contributed by atoms with Crippen LogP contribution in [0.4, 0.5) is 5.82 Å². The van der Waals surface area contributed by atoms with Crippen molar-refractivity contribution < 1.29 is 9.53 Å². The Morgan fingerprint density at radius 2 is 2.20 bits per heavy atom. The molecule has 0 aliphatic rings. The Labute approximate surface area is 125 Å². The number of ether oxygens (including phenoxy) is 1. The molecule has 104 valence electrons. The molecule has 0 saturated carbocycles. The number of halogens is 1. The van der Waals surface area contributed by atoms with Gasteiger partial charge >= 0.3 is 5.97 Å². The second kappa shape index (κ2) is 6.58. The summed E-state index contributed by atoms with van der Waals surface area (Å²) in [6.07, 6.45) is 1.37. The Kier molecular flexibility index (Phi) is 4.81. The van der Waals surface area contributed by atoms with Crippen LogP contribution in [-0.4, -0.2) is 23.0 Å². The Morgan fingerprint density at radius 3 is 2.85 bits per heavy atom. The van der Waals surface area contributed by atoms with Crippen LogP contribution >= 0.6 is 23.4 Å². The van der Waals surface area contributed by atoms with Gasteiger partial charge in [0.05, 0.1) is 17.9 Å². The summed E-state index contributed by atoms with van der Waals surface area (Å²) in [6.45, 7) is 0. The predicted molar refractivity (Wildman–Crippen MR) is 78.8 cm³/mol. The molecule has 0 saturated heterocycles. The highest BCUT2D eigenvalue weighted by Crippen LogP contribution is 2.28. The van der Waals surface area contributed by atoms with Gasteiger partial charge in [-0.1, -0.05) is 23.7 Å². The number of carbonyl (C=O) groups excluding carboxylic acids is 1. The molecule has 1 aromatic carbocycles. The van der Waals surface area contributed by atoms with Gasteiger partial charge in [-0.15, -0.1) is 11.8 Å². The van der Waals surface area contributed by atoms with E-state index in [0.717, 1.165) is 4.90 Å². The van der Waals surface area contributed by atoms with Gasteiger partial charge in [0.2, 0.25) is 0 Å². The van der Waals surface area contributed by atoms with Crippen LogP contribution in [0.25, 0.3) is 0 Å². The molecule has 2 aromatic rings. The number of nitrogens with two attached hydrogens (primary N) is 1. The number of carbonyl (C=O) groups is 1. The molecule has 1 heterocycles. The van der Waals surface area contributed by atoms with E-state index in [4.69, 9.17) is 17.3 Å². The highest BCUT2D eigenvalue weighted by Gasteiger charge is 2.13. The lowest BCUT2D eigenvalue weighted by molar-refractivity contribution is 0.0601. The molecular weight excluding hydrogens is 298 g/mol. The summed E-state index contributed by atoms with van der Waals surface area (Å²) in [5.41, 5.74) is 5.88. The van der Waals surface area contributed by atoms with Crippen molar-refractivity contribution in [3.8, 4) is 0 Å². The van der Waals surface area contributed by atoms with Crippen molar-refractivity contribution >= 4 is 35.1 Å². The standard InChI is InChI=1S/C13H12ClN3O2S/c1-19-13(18)8-6-16-11(17-12(8)15)7-20-10-5-3-2-4-9(10)14/h2-6H,7H2,1H3,(H2,15,16,17). The van der Waals surface area contributed by atoms with Crippen LogP contribution in [0, 0.1) is 0 Å². The summed E-state index contributed by atoms with van der Waals surface area (Å²) in [6, 6.07) is 7.51. The first-order valence-corrected chi connectivity index (χ1v) is 7.05. The van der Waals surface area contributed by atoms with E-state index in [1.54, 1.807) is 0 Å². The zero-order valence-corrected chi connectivity index (χ0v) is 12.2. The fourth-order valence-electron chi connectivity index (χ4n) is 1.47. The summed E-state index contributed by atoms with van der Waals surface area (Å²) in [4.78, 5) is 20.5. The van der Waals surface area contributed by atoms with Crippen LogP contribution in [0.5, 0.6) is 0 Å². The maximum Gasteiger partial charge on any atom is 0.343 e. The average molecular weight is 310 g/mol. The number of hydrogen-bond acceptors (Lipinski definition) is 6. The Morgan fingerprint density at radius 1 is 1.45 bits per heavy atom. The monoisotopic (exact) mass is 309 g/mol. The van der Waals surface area contributed by atoms with Gasteiger partial charge in [-0.25, -0.2) is 14.8 Å². The zero-order chi connectivity index (χ0) is 14.5. The minimum atomic E-state index is -0.548. The van der Waals surface area contributed by atoms with Crippen molar-refractivity contribution in [2.75, 3.05) is 12.8 Å². The predicted octanol–water partition coefficient (Wildman–Crippen LogP) is 2.79. The first-order chi connectivity index (χ1) is 9.61. The Balaban J connectivity index is 2.10. The van der Waals surface area contributed by atoms with E-state index in [1.807, 2.05) is 24.3 Å². The van der Waals surface area contributed by atoms with Gasteiger partial charge in [0.25, 0.3) is 0 Å². The Bertz CT molecular complexity index is 637. The lowest BCUT2D eigenvalue weighted by Gasteiger charge is -2.06. The average Bonchev–Trinajstić information content (AvgIpc) is 2.46. The van der Waals surface area contributed by atoms with Crippen LogP contribution in [0.2, 0.25) is 5.02 Å². The van der Waals surface area contributed by atoms with Crippen molar-refractivity contribution in [3.63, 3.8) is 0 Å². The number of rotatable bonds is 4. The maximum atomic E-state index is 11.4. The van der Waals surface area contributed by atoms with Crippen LogP contribution in [-0.2, 0) is 10.5 Å². The molecule has 2 N–H and O–H groups in total. The molecule has 0 aliphatic carbocycles. The van der Waals surface area contributed by atoms with Crippen LogP contribution < -0.4 is 5.73 Å². The minimum Gasteiger partial charge on any atom is -0.465 e. The van der Waals surface area contributed by atoms with Gasteiger partial charge in [-0.05, 0) is 12.1 Å². The molecule has 0 unspecified atom stereocenters. The van der Waals surface area contributed by atoms with E-state index in [1.165, 1.54) is 25.1 Å². The number of hydrogen-bond donors (Lipinski definition) is 1. The summed E-state index contributed by atoms with van der Waals surface area (Å²) in [7, 11) is 1.28. The second-order valence-corrected chi connectivity index (χ2v) is 5.22. The molecule has 0 aliphatic heterocycles. The summed E-state index contributed by atoms with van der Waals surface area (Å²) in [5, 5.41) is 0.677. The molecule has 0 atom stereocenters. The fourth-order valence-corrected chi connectivity index (χ4v) is 2.58. The summed E-state index contributed by atoms with van der Waals surface area (Å²) in [5.74, 6) is 0.601. The number of aromatic nitrogens is 2. The number of nitrogens with zero attached hydrogens (tertiary/aromatic N) is 2. The van der Waals surface area contributed by atoms with Gasteiger partial charge in [0.1, 0.15) is 17.2 Å². The van der Waals surface area contributed by atoms with Crippen molar-refractivity contribution in [1.82, 2.24) is 9.97 Å². The molecule has 0 spiro atoms. The lowest BCUT2D eigenvalue weighted by Crippen LogP contribution is -2.09.